The minimum Gasteiger partial charge on any atom is -0.335 e. The first-order valence-corrected chi connectivity index (χ1v) is 10.5. The molecule has 0 atom stereocenters. The molecule has 1 aliphatic heterocycles. The molecule has 1 saturated heterocycles. The second-order valence-corrected chi connectivity index (χ2v) is 7.47. The Morgan fingerprint density at radius 1 is 0.531 bits per heavy atom. The van der Waals surface area contributed by atoms with Crippen LogP contribution in [0.4, 0.5) is 16.2 Å². The van der Waals surface area contributed by atoms with Crippen molar-refractivity contribution >= 4 is 29.2 Å². The minimum atomic E-state index is -0.352. The number of rotatable bonds is 4. The highest BCUT2D eigenvalue weighted by Gasteiger charge is 2.25. The number of amides is 4. The molecule has 0 aliphatic carbocycles. The molecule has 7 nitrogen and oxygen atoms in total. The number of hydrogen-bond donors (Lipinski definition) is 2. The highest BCUT2D eigenvalue weighted by atomic mass is 16.2. The third kappa shape index (κ3) is 5.13. The summed E-state index contributed by atoms with van der Waals surface area (Å²) in [6, 6.07) is 24.8. The molecule has 4 rings (SSSR count). The van der Waals surface area contributed by atoms with Crippen LogP contribution in [0, 0.1) is 0 Å². The minimum absolute atomic E-state index is 0.0121. The van der Waals surface area contributed by atoms with Crippen LogP contribution >= 0.6 is 0 Å². The van der Waals surface area contributed by atoms with Crippen molar-refractivity contribution in [1.82, 2.24) is 9.80 Å². The Morgan fingerprint density at radius 2 is 0.938 bits per heavy atom. The predicted molar refractivity (Wildman–Crippen MR) is 124 cm³/mol. The van der Waals surface area contributed by atoms with E-state index in [2.05, 4.69) is 10.6 Å². The third-order valence-electron chi connectivity index (χ3n) is 5.30. The summed E-state index contributed by atoms with van der Waals surface area (Å²) in [5, 5.41) is 5.50. The second-order valence-electron chi connectivity index (χ2n) is 7.47. The van der Waals surface area contributed by atoms with Gasteiger partial charge in [-0.05, 0) is 48.5 Å². The monoisotopic (exact) mass is 428 g/mol. The van der Waals surface area contributed by atoms with Gasteiger partial charge in [-0.3, -0.25) is 9.59 Å². The fraction of sp³-hybridized carbons (Fsp3) is 0.160. The van der Waals surface area contributed by atoms with E-state index in [4.69, 9.17) is 0 Å². The van der Waals surface area contributed by atoms with Crippen LogP contribution in [0.2, 0.25) is 0 Å². The van der Waals surface area contributed by atoms with Crippen LogP contribution in [-0.4, -0.2) is 53.8 Å². The van der Waals surface area contributed by atoms with Crippen molar-refractivity contribution < 1.29 is 14.4 Å². The number of nitrogens with one attached hydrogen (secondary N) is 2. The van der Waals surface area contributed by atoms with Crippen LogP contribution in [0.3, 0.4) is 0 Å². The number of hydrogen-bond acceptors (Lipinski definition) is 3. The van der Waals surface area contributed by atoms with E-state index < -0.39 is 0 Å². The molecule has 0 spiro atoms. The van der Waals surface area contributed by atoms with Crippen molar-refractivity contribution in [2.24, 2.45) is 0 Å². The zero-order valence-corrected chi connectivity index (χ0v) is 17.5. The molecule has 7 heteroatoms. The van der Waals surface area contributed by atoms with Gasteiger partial charge in [0.15, 0.2) is 0 Å². The van der Waals surface area contributed by atoms with Gasteiger partial charge in [0.1, 0.15) is 0 Å². The maximum absolute atomic E-state index is 12.8. The van der Waals surface area contributed by atoms with Gasteiger partial charge in [0.2, 0.25) is 0 Å². The molecule has 162 valence electrons. The highest BCUT2D eigenvalue weighted by molar-refractivity contribution is 6.00. The summed E-state index contributed by atoms with van der Waals surface area (Å²) in [5.41, 5.74) is 2.49. The summed E-state index contributed by atoms with van der Waals surface area (Å²) in [4.78, 5) is 41.0. The van der Waals surface area contributed by atoms with E-state index >= 15 is 0 Å². The maximum Gasteiger partial charge on any atom is 0.323 e. The lowest BCUT2D eigenvalue weighted by molar-refractivity contribution is 0.0535. The van der Waals surface area contributed by atoms with Gasteiger partial charge in [-0.1, -0.05) is 36.4 Å². The molecular formula is C25H24N4O3. The van der Waals surface area contributed by atoms with E-state index in [1.165, 1.54) is 0 Å². The normalized spacial score (nSPS) is 13.4. The third-order valence-corrected chi connectivity index (χ3v) is 5.30. The van der Waals surface area contributed by atoms with Gasteiger partial charge in [-0.25, -0.2) is 4.79 Å². The predicted octanol–water partition coefficient (Wildman–Crippen LogP) is 3.93. The number of piperazine rings is 1. The molecule has 32 heavy (non-hydrogen) atoms. The van der Waals surface area contributed by atoms with Crippen molar-refractivity contribution in [3.63, 3.8) is 0 Å². The Morgan fingerprint density at radius 3 is 1.44 bits per heavy atom. The van der Waals surface area contributed by atoms with Gasteiger partial charge in [-0.15, -0.1) is 0 Å². The number of carbonyl (C=O) groups excluding carboxylic acids is 3. The van der Waals surface area contributed by atoms with E-state index in [9.17, 15) is 14.4 Å². The number of anilines is 2. The Labute approximate surface area is 186 Å². The Bertz CT molecular complexity index is 1080. The fourth-order valence-electron chi connectivity index (χ4n) is 3.57. The first-order valence-electron chi connectivity index (χ1n) is 10.5. The van der Waals surface area contributed by atoms with E-state index in [-0.39, 0.29) is 17.8 Å². The van der Waals surface area contributed by atoms with Crippen LogP contribution in [0.25, 0.3) is 0 Å². The molecule has 2 N–H and O–H groups in total. The number of urea groups is 1. The second kappa shape index (κ2) is 9.78. The number of para-hydroxylation sites is 1. The van der Waals surface area contributed by atoms with Gasteiger partial charge < -0.3 is 20.4 Å². The molecule has 0 bridgehead atoms. The number of benzene rings is 3. The van der Waals surface area contributed by atoms with Gasteiger partial charge >= 0.3 is 6.03 Å². The van der Waals surface area contributed by atoms with Crippen LogP contribution in [0.1, 0.15) is 20.7 Å². The topological polar surface area (TPSA) is 81.8 Å². The molecule has 0 aromatic heterocycles. The first-order chi connectivity index (χ1) is 15.6. The molecule has 4 amide bonds. The summed E-state index contributed by atoms with van der Waals surface area (Å²) in [7, 11) is 0. The van der Waals surface area contributed by atoms with Crippen LogP contribution < -0.4 is 10.6 Å². The number of carbonyl (C=O) groups is 3. The maximum atomic E-state index is 12.8. The van der Waals surface area contributed by atoms with Crippen LogP contribution in [0.5, 0.6) is 0 Å². The van der Waals surface area contributed by atoms with Crippen LogP contribution in [-0.2, 0) is 0 Å². The summed E-state index contributed by atoms with van der Waals surface area (Å²) < 4.78 is 0. The van der Waals surface area contributed by atoms with E-state index in [1.54, 1.807) is 58.3 Å². The lowest BCUT2D eigenvalue weighted by Gasteiger charge is -2.35. The van der Waals surface area contributed by atoms with Crippen molar-refractivity contribution in [1.29, 1.82) is 0 Å². The first kappa shape index (κ1) is 21.1. The average molecular weight is 428 g/mol. The van der Waals surface area contributed by atoms with Gasteiger partial charge in [-0.2, -0.15) is 0 Å². The smallest absolute Gasteiger partial charge is 0.323 e. The molecule has 0 radical (unpaired) electrons. The lowest BCUT2D eigenvalue weighted by atomic mass is 10.1. The molecule has 3 aromatic rings. The van der Waals surface area contributed by atoms with E-state index in [1.807, 2.05) is 36.4 Å². The Kier molecular flexibility index (Phi) is 6.46. The zero-order valence-electron chi connectivity index (χ0n) is 17.5. The molecule has 1 aliphatic rings. The van der Waals surface area contributed by atoms with Crippen molar-refractivity contribution in [2.45, 2.75) is 0 Å². The number of nitrogens with zero attached hydrogens (tertiary/aromatic N) is 2. The van der Waals surface area contributed by atoms with Crippen molar-refractivity contribution in [2.75, 3.05) is 36.8 Å². The summed E-state index contributed by atoms with van der Waals surface area (Å²) >= 11 is 0. The van der Waals surface area contributed by atoms with Gasteiger partial charge in [0.25, 0.3) is 11.8 Å². The summed E-state index contributed by atoms with van der Waals surface area (Å²) in [6.45, 7) is 1.96. The SMILES string of the molecule is O=C(Nc1ccccc1)Nc1ccc(C(=O)N2CCN(C(=O)c3ccccc3)CC2)cc1. The van der Waals surface area contributed by atoms with Gasteiger partial charge in [0.05, 0.1) is 0 Å². The Hall–Kier alpha value is -4.13. The quantitative estimate of drug-likeness (QED) is 0.661. The fourth-order valence-corrected chi connectivity index (χ4v) is 3.57. The van der Waals surface area contributed by atoms with Crippen molar-refractivity contribution in [3.05, 3.63) is 96.1 Å². The van der Waals surface area contributed by atoms with Crippen LogP contribution in [0.15, 0.2) is 84.9 Å². The van der Waals surface area contributed by atoms with E-state index in [0.29, 0.717) is 48.7 Å². The summed E-state index contributed by atoms with van der Waals surface area (Å²) in [6.07, 6.45) is 0. The zero-order chi connectivity index (χ0) is 22.3. The van der Waals surface area contributed by atoms with Gasteiger partial charge in [0, 0.05) is 48.7 Å². The molecule has 3 aromatic carbocycles. The largest absolute Gasteiger partial charge is 0.335 e. The Balaban J connectivity index is 1.29. The van der Waals surface area contributed by atoms with Crippen molar-refractivity contribution in [3.8, 4) is 0 Å². The highest BCUT2D eigenvalue weighted by Crippen LogP contribution is 2.15. The summed E-state index contributed by atoms with van der Waals surface area (Å²) in [5.74, 6) is -0.0981. The average Bonchev–Trinajstić information content (AvgIpc) is 2.85. The molecule has 1 heterocycles. The molecule has 1 fully saturated rings. The molecule has 0 saturated carbocycles. The lowest BCUT2D eigenvalue weighted by Crippen LogP contribution is -2.50. The molecule has 0 unspecified atom stereocenters. The standard InChI is InChI=1S/C25H24N4O3/c30-23(19-7-3-1-4-8-19)28-15-17-29(18-16-28)24(31)20-11-13-22(14-12-20)27-25(32)26-21-9-5-2-6-10-21/h1-14H,15-18H2,(H2,26,27,32). The molecular weight excluding hydrogens is 404 g/mol. The van der Waals surface area contributed by atoms with E-state index in [0.717, 1.165) is 0 Å².